The molecule has 0 aromatic heterocycles. The van der Waals surface area contributed by atoms with E-state index >= 15 is 0 Å². The topological polar surface area (TPSA) is 40.2 Å². The highest BCUT2D eigenvalue weighted by Gasteiger charge is 2.25. The number of ether oxygens (including phenoxy) is 4. The molecule has 0 aliphatic rings. The van der Waals surface area contributed by atoms with Gasteiger partial charge >= 0.3 is 0 Å². The van der Waals surface area contributed by atoms with Gasteiger partial charge < -0.3 is 18.9 Å². The first-order chi connectivity index (χ1) is 20.7. The van der Waals surface area contributed by atoms with Crippen molar-refractivity contribution in [1.29, 1.82) is 0 Å². The molecule has 43 heavy (non-hydrogen) atoms. The van der Waals surface area contributed by atoms with Crippen molar-refractivity contribution in [1.82, 2.24) is 4.90 Å². The van der Waals surface area contributed by atoms with Crippen LogP contribution in [0.3, 0.4) is 0 Å². The van der Waals surface area contributed by atoms with Crippen molar-refractivity contribution in [3.8, 4) is 23.0 Å². The van der Waals surface area contributed by atoms with Gasteiger partial charge in [-0.2, -0.15) is 0 Å². The largest absolute Gasteiger partial charge is 0.497 e. The molecule has 0 saturated heterocycles. The number of benzene rings is 4. The average Bonchev–Trinajstić information content (AvgIpc) is 3.04. The molecular weight excluding hydrogens is 572 g/mol. The van der Waals surface area contributed by atoms with Crippen molar-refractivity contribution in [2.75, 3.05) is 53.9 Å². The smallest absolute Gasteiger partial charge is 0.118 e. The third-order valence-electron chi connectivity index (χ3n) is 7.67. The lowest BCUT2D eigenvalue weighted by Crippen LogP contribution is -2.45. The Hall–Kier alpha value is -3.10. The van der Waals surface area contributed by atoms with Gasteiger partial charge in [-0.05, 0) is 119 Å². The van der Waals surface area contributed by atoms with Crippen LogP contribution in [0.15, 0.2) is 97.1 Å². The minimum Gasteiger partial charge on any atom is -0.497 e. The molecule has 0 unspecified atom stereocenters. The molecule has 0 saturated carbocycles. The Morgan fingerprint density at radius 2 is 0.674 bits per heavy atom. The van der Waals surface area contributed by atoms with Gasteiger partial charge in [0.15, 0.2) is 0 Å². The maximum Gasteiger partial charge on any atom is 0.118 e. The highest BCUT2D eigenvalue weighted by Crippen LogP contribution is 2.38. The van der Waals surface area contributed by atoms with Crippen LogP contribution in [0, 0.1) is 0 Å². The van der Waals surface area contributed by atoms with Crippen LogP contribution in [-0.4, -0.2) is 64.3 Å². The van der Waals surface area contributed by atoms with Crippen molar-refractivity contribution < 1.29 is 18.9 Å². The van der Waals surface area contributed by atoms with Crippen LogP contribution in [0.4, 0.5) is 0 Å². The fourth-order valence-corrected chi connectivity index (χ4v) is 9.64. The molecule has 0 spiro atoms. The molecule has 7 heteroatoms. The summed E-state index contributed by atoms with van der Waals surface area (Å²) >= 11 is 0. The summed E-state index contributed by atoms with van der Waals surface area (Å²) in [5, 5.41) is 5.42. The van der Waals surface area contributed by atoms with Crippen molar-refractivity contribution in [2.45, 2.75) is 26.3 Å². The minimum atomic E-state index is -0.566. The summed E-state index contributed by atoms with van der Waals surface area (Å²) in [6.07, 6.45) is 2.13. The molecule has 4 aromatic carbocycles. The monoisotopic (exact) mass is 617 g/mol. The highest BCUT2D eigenvalue weighted by atomic mass is 31.1. The van der Waals surface area contributed by atoms with Crippen LogP contribution in [0.25, 0.3) is 0 Å². The van der Waals surface area contributed by atoms with E-state index in [0.717, 1.165) is 48.4 Å². The molecule has 0 heterocycles. The van der Waals surface area contributed by atoms with Crippen molar-refractivity contribution >= 4 is 37.1 Å². The molecule has 0 N–H and O–H groups in total. The lowest BCUT2D eigenvalue weighted by atomic mass is 10.1. The first kappa shape index (κ1) is 32.8. The Balaban J connectivity index is 1.58. The number of hydrogen-bond donors (Lipinski definition) is 0. The van der Waals surface area contributed by atoms with Crippen LogP contribution in [0.1, 0.15) is 20.8 Å². The Labute approximate surface area is 260 Å². The van der Waals surface area contributed by atoms with Crippen LogP contribution in [-0.2, 0) is 0 Å². The molecule has 0 bridgehead atoms. The summed E-state index contributed by atoms with van der Waals surface area (Å²) in [5.41, 5.74) is 0.0294. The molecule has 0 radical (unpaired) electrons. The van der Waals surface area contributed by atoms with E-state index in [1.54, 1.807) is 28.4 Å². The van der Waals surface area contributed by atoms with E-state index in [1.165, 1.54) is 21.2 Å². The standard InChI is InChI=1S/C36H45NO4P2/c1-36(2,3)37(24-26-42(32-16-8-28(38-4)9-17-32)33-18-10-29(39-5)11-19-33)25-27-43(34-20-12-30(40-6)13-21-34)35-22-14-31(41-7)15-23-35/h8-23H,24-27H2,1-7H3. The van der Waals surface area contributed by atoms with Crippen molar-refractivity contribution in [3.63, 3.8) is 0 Å². The van der Waals surface area contributed by atoms with E-state index in [1.807, 2.05) is 0 Å². The molecule has 0 amide bonds. The van der Waals surface area contributed by atoms with Gasteiger partial charge in [0, 0.05) is 18.6 Å². The SMILES string of the molecule is COc1ccc(P(CCN(CCP(c2ccc(OC)cc2)c2ccc(OC)cc2)C(C)(C)C)c2ccc(OC)cc2)cc1. The predicted octanol–water partition coefficient (Wildman–Crippen LogP) is 6.39. The molecule has 228 valence electrons. The summed E-state index contributed by atoms with van der Waals surface area (Å²) < 4.78 is 21.8. The lowest BCUT2D eigenvalue weighted by Gasteiger charge is -2.38. The molecule has 0 aliphatic heterocycles. The zero-order valence-electron chi connectivity index (χ0n) is 26.5. The molecule has 4 aromatic rings. The highest BCUT2D eigenvalue weighted by molar-refractivity contribution is 7.73. The van der Waals surface area contributed by atoms with Gasteiger partial charge in [0.25, 0.3) is 0 Å². The summed E-state index contributed by atoms with van der Waals surface area (Å²) in [7, 11) is 5.74. The molecule has 4 rings (SSSR count). The molecule has 0 aliphatic carbocycles. The maximum absolute atomic E-state index is 5.45. The molecule has 0 fully saturated rings. The third-order valence-corrected chi connectivity index (χ3v) is 12.7. The van der Waals surface area contributed by atoms with E-state index in [-0.39, 0.29) is 5.54 Å². The molecule has 0 atom stereocenters. The fourth-order valence-electron chi connectivity index (χ4n) is 5.09. The Kier molecular flexibility index (Phi) is 11.9. The second kappa shape index (κ2) is 15.6. The first-order valence-corrected chi connectivity index (χ1v) is 17.7. The number of methoxy groups -OCH3 is 4. The second-order valence-electron chi connectivity index (χ2n) is 11.3. The minimum absolute atomic E-state index is 0.0294. The van der Waals surface area contributed by atoms with Gasteiger partial charge in [0.1, 0.15) is 23.0 Å². The first-order valence-electron chi connectivity index (χ1n) is 14.6. The van der Waals surface area contributed by atoms with E-state index in [9.17, 15) is 0 Å². The Bertz CT molecular complexity index is 1190. The number of hydrogen-bond acceptors (Lipinski definition) is 5. The van der Waals surface area contributed by atoms with Crippen LogP contribution in [0.2, 0.25) is 0 Å². The number of nitrogens with zero attached hydrogens (tertiary/aromatic N) is 1. The lowest BCUT2D eigenvalue weighted by molar-refractivity contribution is 0.156. The average molecular weight is 618 g/mol. The van der Waals surface area contributed by atoms with E-state index in [4.69, 9.17) is 18.9 Å². The summed E-state index contributed by atoms with van der Waals surface area (Å²) in [6.45, 7) is 9.00. The van der Waals surface area contributed by atoms with Gasteiger partial charge in [-0.3, -0.25) is 4.90 Å². The van der Waals surface area contributed by atoms with Gasteiger partial charge in [-0.25, -0.2) is 0 Å². The van der Waals surface area contributed by atoms with Crippen LogP contribution >= 0.6 is 15.8 Å². The van der Waals surface area contributed by atoms with Crippen LogP contribution in [0.5, 0.6) is 23.0 Å². The van der Waals surface area contributed by atoms with E-state index in [2.05, 4.69) is 123 Å². The fraction of sp³-hybridized carbons (Fsp3) is 0.333. The summed E-state index contributed by atoms with van der Waals surface area (Å²) in [6, 6.07) is 34.4. The quantitative estimate of drug-likeness (QED) is 0.154. The normalized spacial score (nSPS) is 11.7. The Morgan fingerprint density at radius 1 is 0.442 bits per heavy atom. The van der Waals surface area contributed by atoms with Gasteiger partial charge in [0.05, 0.1) is 28.4 Å². The van der Waals surface area contributed by atoms with Crippen LogP contribution < -0.4 is 40.2 Å². The van der Waals surface area contributed by atoms with Gasteiger partial charge in [0.2, 0.25) is 0 Å². The van der Waals surface area contributed by atoms with Gasteiger partial charge in [-0.15, -0.1) is 0 Å². The third kappa shape index (κ3) is 8.96. The maximum atomic E-state index is 5.45. The predicted molar refractivity (Wildman–Crippen MR) is 185 cm³/mol. The van der Waals surface area contributed by atoms with Gasteiger partial charge in [-0.1, -0.05) is 48.5 Å². The second-order valence-corrected chi connectivity index (χ2v) is 15.9. The van der Waals surface area contributed by atoms with E-state index < -0.39 is 15.8 Å². The Morgan fingerprint density at radius 3 is 0.860 bits per heavy atom. The molecular formula is C36H45NO4P2. The summed E-state index contributed by atoms with van der Waals surface area (Å²) in [4.78, 5) is 2.66. The van der Waals surface area contributed by atoms with E-state index in [0.29, 0.717) is 0 Å². The van der Waals surface area contributed by atoms with Crippen molar-refractivity contribution in [3.05, 3.63) is 97.1 Å². The molecule has 5 nitrogen and oxygen atoms in total. The van der Waals surface area contributed by atoms with Crippen molar-refractivity contribution in [2.24, 2.45) is 0 Å². The summed E-state index contributed by atoms with van der Waals surface area (Å²) in [5.74, 6) is 3.54. The number of rotatable bonds is 14. The zero-order valence-corrected chi connectivity index (χ0v) is 28.3. The zero-order chi connectivity index (χ0) is 30.8.